The van der Waals surface area contributed by atoms with Crippen LogP contribution in [0.15, 0.2) is 42.5 Å². The second kappa shape index (κ2) is 4.67. The maximum absolute atomic E-state index is 14.0. The lowest BCUT2D eigenvalue weighted by atomic mass is 9.72. The Morgan fingerprint density at radius 2 is 2.05 bits per heavy atom. The lowest BCUT2D eigenvalue weighted by Crippen LogP contribution is -2.29. The highest BCUT2D eigenvalue weighted by Crippen LogP contribution is 2.42. The van der Waals surface area contributed by atoms with Gasteiger partial charge in [0.1, 0.15) is 11.6 Å². The summed E-state index contributed by atoms with van der Waals surface area (Å²) < 4.78 is 19.0. The maximum atomic E-state index is 14.0. The van der Waals surface area contributed by atoms with E-state index in [1.165, 1.54) is 24.3 Å². The minimum absolute atomic E-state index is 0.207. The molecule has 2 aromatic carbocycles. The van der Waals surface area contributed by atoms with Crippen LogP contribution in [-0.2, 0) is 6.42 Å². The summed E-state index contributed by atoms with van der Waals surface area (Å²) in [6.45, 7) is 0. The van der Waals surface area contributed by atoms with Gasteiger partial charge >= 0.3 is 0 Å². The highest BCUT2D eigenvalue weighted by atomic mass is 19.1. The highest BCUT2D eigenvalue weighted by molar-refractivity contribution is 5.43. The Morgan fingerprint density at radius 1 is 1.26 bits per heavy atom. The quantitative estimate of drug-likeness (QED) is 0.916. The lowest BCUT2D eigenvalue weighted by molar-refractivity contribution is 0.408. The highest BCUT2D eigenvalue weighted by Gasteiger charge is 2.32. The van der Waals surface area contributed by atoms with Gasteiger partial charge in [-0.15, -0.1) is 0 Å². The summed E-state index contributed by atoms with van der Waals surface area (Å²) in [5.41, 5.74) is 9.34. The number of halogens is 1. The summed E-state index contributed by atoms with van der Waals surface area (Å²) in [5.74, 6) is 0.429. The van der Waals surface area contributed by atoms with Crippen molar-refractivity contribution in [2.24, 2.45) is 5.73 Å². The zero-order valence-electron chi connectivity index (χ0n) is 10.8. The zero-order valence-corrected chi connectivity index (χ0v) is 10.8. The van der Waals surface area contributed by atoms with E-state index in [1.54, 1.807) is 12.1 Å². The van der Waals surface area contributed by atoms with Crippen LogP contribution in [0.3, 0.4) is 0 Å². The van der Waals surface area contributed by atoms with Crippen molar-refractivity contribution in [3.8, 4) is 5.75 Å². The molecule has 0 spiro atoms. The third kappa shape index (κ3) is 2.00. The smallest absolute Gasteiger partial charge is 0.131 e. The molecule has 2 aromatic rings. The molecule has 0 saturated carbocycles. The molecule has 0 heterocycles. The van der Waals surface area contributed by atoms with E-state index in [0.717, 1.165) is 6.42 Å². The second-order valence-corrected chi connectivity index (χ2v) is 4.92. The van der Waals surface area contributed by atoms with Gasteiger partial charge in [0.05, 0.1) is 7.11 Å². The molecule has 98 valence electrons. The molecule has 2 N–H and O–H groups in total. The third-order valence-corrected chi connectivity index (χ3v) is 3.89. The van der Waals surface area contributed by atoms with Gasteiger partial charge in [0, 0.05) is 23.6 Å². The molecule has 0 amide bonds. The zero-order chi connectivity index (χ0) is 13.4. The molecule has 0 bridgehead atoms. The van der Waals surface area contributed by atoms with Crippen molar-refractivity contribution in [2.45, 2.75) is 18.4 Å². The summed E-state index contributed by atoms with van der Waals surface area (Å²) in [7, 11) is 1.52. The Morgan fingerprint density at radius 3 is 2.74 bits per heavy atom. The normalized spacial score (nSPS) is 18.4. The van der Waals surface area contributed by atoms with Gasteiger partial charge in [0.2, 0.25) is 0 Å². The molecule has 3 rings (SSSR count). The van der Waals surface area contributed by atoms with Crippen LogP contribution in [0, 0.1) is 5.82 Å². The first-order valence-corrected chi connectivity index (χ1v) is 6.37. The molecule has 2 atom stereocenters. The minimum Gasteiger partial charge on any atom is -0.497 e. The van der Waals surface area contributed by atoms with Gasteiger partial charge in [-0.1, -0.05) is 30.3 Å². The summed E-state index contributed by atoms with van der Waals surface area (Å²) in [6.07, 6.45) is 0.919. The largest absolute Gasteiger partial charge is 0.497 e. The van der Waals surface area contributed by atoms with Crippen molar-refractivity contribution >= 4 is 0 Å². The number of benzene rings is 2. The topological polar surface area (TPSA) is 35.2 Å². The van der Waals surface area contributed by atoms with Crippen LogP contribution < -0.4 is 10.5 Å². The first-order chi connectivity index (χ1) is 9.20. The molecule has 0 aromatic heterocycles. The molecular weight excluding hydrogens is 241 g/mol. The third-order valence-electron chi connectivity index (χ3n) is 3.89. The van der Waals surface area contributed by atoms with Crippen molar-refractivity contribution in [3.05, 3.63) is 65.0 Å². The average molecular weight is 257 g/mol. The van der Waals surface area contributed by atoms with E-state index in [1.807, 2.05) is 12.1 Å². The van der Waals surface area contributed by atoms with Gasteiger partial charge < -0.3 is 10.5 Å². The lowest BCUT2D eigenvalue weighted by Gasteiger charge is -2.35. The van der Waals surface area contributed by atoms with E-state index >= 15 is 0 Å². The number of nitrogens with two attached hydrogens (primary N) is 1. The molecule has 0 fully saturated rings. The van der Waals surface area contributed by atoms with Crippen molar-refractivity contribution in [3.63, 3.8) is 0 Å². The van der Waals surface area contributed by atoms with Gasteiger partial charge in [0.25, 0.3) is 0 Å². The fraction of sp³-hybridized carbons (Fsp3) is 0.250. The Hall–Kier alpha value is -1.87. The van der Waals surface area contributed by atoms with E-state index in [9.17, 15) is 4.39 Å². The predicted octanol–water partition coefficient (Wildman–Crippen LogP) is 3.17. The van der Waals surface area contributed by atoms with Crippen molar-refractivity contribution in [2.75, 3.05) is 7.11 Å². The van der Waals surface area contributed by atoms with E-state index in [-0.39, 0.29) is 17.8 Å². The minimum atomic E-state index is -0.305. The average Bonchev–Trinajstić information content (AvgIpc) is 2.39. The van der Waals surface area contributed by atoms with Crippen LogP contribution in [0.25, 0.3) is 0 Å². The number of hydrogen-bond donors (Lipinski definition) is 1. The molecule has 3 heteroatoms. The van der Waals surface area contributed by atoms with E-state index < -0.39 is 0 Å². The molecule has 1 aliphatic rings. The fourth-order valence-electron chi connectivity index (χ4n) is 2.74. The summed E-state index contributed by atoms with van der Waals surface area (Å²) in [4.78, 5) is 0. The van der Waals surface area contributed by atoms with Gasteiger partial charge in [-0.05, 0) is 23.6 Å². The number of hydrogen-bond acceptors (Lipinski definition) is 2. The van der Waals surface area contributed by atoms with Gasteiger partial charge in [-0.3, -0.25) is 0 Å². The SMILES string of the molecule is COc1ccc(C(N)C2Cc3ccccc32)c(F)c1. The molecule has 1 aliphatic carbocycles. The second-order valence-electron chi connectivity index (χ2n) is 4.92. The van der Waals surface area contributed by atoms with Crippen LogP contribution in [0.4, 0.5) is 4.39 Å². The standard InChI is InChI=1S/C16H16FNO/c1-19-11-6-7-13(15(17)9-11)16(18)14-8-10-4-2-3-5-12(10)14/h2-7,9,14,16H,8,18H2,1H3. The molecule has 2 nitrogen and oxygen atoms in total. The van der Waals surface area contributed by atoms with Crippen molar-refractivity contribution < 1.29 is 9.13 Å². The Balaban J connectivity index is 1.88. The summed E-state index contributed by atoms with van der Waals surface area (Å²) >= 11 is 0. The van der Waals surface area contributed by atoms with Crippen LogP contribution in [0.1, 0.15) is 28.7 Å². The summed E-state index contributed by atoms with van der Waals surface area (Å²) in [5, 5.41) is 0. The molecular formula is C16H16FNO. The fourth-order valence-corrected chi connectivity index (χ4v) is 2.74. The molecule has 0 saturated heterocycles. The van der Waals surface area contributed by atoms with Gasteiger partial charge in [0.15, 0.2) is 0 Å². The van der Waals surface area contributed by atoms with Crippen LogP contribution in [0.5, 0.6) is 5.75 Å². The Labute approximate surface area is 112 Å². The van der Waals surface area contributed by atoms with Crippen molar-refractivity contribution in [1.82, 2.24) is 0 Å². The van der Waals surface area contributed by atoms with Crippen LogP contribution in [-0.4, -0.2) is 7.11 Å². The number of methoxy groups -OCH3 is 1. The molecule has 19 heavy (non-hydrogen) atoms. The monoisotopic (exact) mass is 257 g/mol. The van der Waals surface area contributed by atoms with Crippen molar-refractivity contribution in [1.29, 1.82) is 0 Å². The van der Waals surface area contributed by atoms with E-state index in [0.29, 0.717) is 11.3 Å². The Bertz CT molecular complexity index is 611. The Kier molecular flexibility index (Phi) is 2.99. The molecule has 0 aliphatic heterocycles. The number of fused-ring (bicyclic) bond motifs is 1. The van der Waals surface area contributed by atoms with E-state index in [4.69, 9.17) is 10.5 Å². The number of ether oxygens (including phenoxy) is 1. The predicted molar refractivity (Wildman–Crippen MR) is 72.8 cm³/mol. The maximum Gasteiger partial charge on any atom is 0.131 e. The van der Waals surface area contributed by atoms with Crippen LogP contribution in [0.2, 0.25) is 0 Å². The first kappa shape index (κ1) is 12.2. The number of rotatable bonds is 3. The first-order valence-electron chi connectivity index (χ1n) is 6.37. The molecule has 0 radical (unpaired) electrons. The van der Waals surface area contributed by atoms with Gasteiger partial charge in [-0.2, -0.15) is 0 Å². The summed E-state index contributed by atoms with van der Waals surface area (Å²) in [6, 6.07) is 12.8. The van der Waals surface area contributed by atoms with Gasteiger partial charge in [-0.25, -0.2) is 4.39 Å². The van der Waals surface area contributed by atoms with Crippen LogP contribution >= 0.6 is 0 Å². The van der Waals surface area contributed by atoms with E-state index in [2.05, 4.69) is 12.1 Å². The molecule has 2 unspecified atom stereocenters.